The first-order chi connectivity index (χ1) is 14.6. The van der Waals surface area contributed by atoms with Crippen molar-refractivity contribution < 1.29 is 4.79 Å². The van der Waals surface area contributed by atoms with E-state index < -0.39 is 0 Å². The summed E-state index contributed by atoms with van der Waals surface area (Å²) in [6.45, 7) is 0. The lowest BCUT2D eigenvalue weighted by atomic mass is 9.81. The smallest absolute Gasteiger partial charge is 0.225 e. The molecule has 4 aromatic rings. The Morgan fingerprint density at radius 1 is 1.23 bits per heavy atom. The third kappa shape index (κ3) is 3.45. The second-order valence-electron chi connectivity index (χ2n) is 7.77. The van der Waals surface area contributed by atoms with E-state index >= 15 is 0 Å². The molecule has 0 bridgehead atoms. The Morgan fingerprint density at radius 2 is 2.03 bits per heavy atom. The minimum atomic E-state index is 0.215. The summed E-state index contributed by atoms with van der Waals surface area (Å²) in [5, 5.41) is 16.1. The Balaban J connectivity index is 1.35. The molecule has 0 amide bonds. The minimum Gasteiger partial charge on any atom is -0.323 e. The number of benzene rings is 2. The van der Waals surface area contributed by atoms with Gasteiger partial charge in [-0.3, -0.25) is 9.89 Å². The van der Waals surface area contributed by atoms with Gasteiger partial charge in [-0.2, -0.15) is 10.1 Å². The molecular weight excluding hydrogens is 400 g/mol. The van der Waals surface area contributed by atoms with E-state index in [4.69, 9.17) is 11.6 Å². The molecule has 8 heteroatoms. The Hall–Kier alpha value is -3.19. The fourth-order valence-corrected chi connectivity index (χ4v) is 3.96. The normalized spacial score (nSPS) is 14.1. The average molecular weight is 421 g/mol. The molecule has 1 saturated carbocycles. The maximum atomic E-state index is 12.4. The zero-order valence-electron chi connectivity index (χ0n) is 16.5. The molecule has 30 heavy (non-hydrogen) atoms. The SMILES string of the molecule is Cn1nc(-c2ccc(C(=O)CC3CCC3)cc2)nc1Nc1ccc2[nH]ncc2c1Cl. The largest absolute Gasteiger partial charge is 0.323 e. The maximum absolute atomic E-state index is 12.4. The van der Waals surface area contributed by atoms with Crippen molar-refractivity contribution >= 4 is 39.9 Å². The number of hydrogen-bond donors (Lipinski definition) is 2. The number of nitrogens with one attached hydrogen (secondary N) is 2. The molecule has 2 aromatic carbocycles. The number of nitrogens with zero attached hydrogens (tertiary/aromatic N) is 4. The van der Waals surface area contributed by atoms with E-state index in [9.17, 15) is 4.79 Å². The number of carbonyl (C=O) groups is 1. The summed E-state index contributed by atoms with van der Waals surface area (Å²) in [4.78, 5) is 17.0. The van der Waals surface area contributed by atoms with Gasteiger partial charge in [0.05, 0.1) is 22.4 Å². The molecule has 0 spiro atoms. The van der Waals surface area contributed by atoms with Gasteiger partial charge in [0.15, 0.2) is 11.6 Å². The Morgan fingerprint density at radius 3 is 2.77 bits per heavy atom. The monoisotopic (exact) mass is 420 g/mol. The van der Waals surface area contributed by atoms with Crippen molar-refractivity contribution in [2.75, 3.05) is 5.32 Å². The average Bonchev–Trinajstić information content (AvgIpc) is 3.34. The quantitative estimate of drug-likeness (QED) is 0.422. The fourth-order valence-electron chi connectivity index (χ4n) is 3.70. The Labute approximate surface area is 178 Å². The molecule has 2 N–H and O–H groups in total. The van der Waals surface area contributed by atoms with E-state index in [1.807, 2.05) is 43.4 Å². The first-order valence-corrected chi connectivity index (χ1v) is 10.4. The van der Waals surface area contributed by atoms with Crippen LogP contribution in [0.25, 0.3) is 22.3 Å². The van der Waals surface area contributed by atoms with Crippen LogP contribution in [0.1, 0.15) is 36.0 Å². The predicted molar refractivity (Wildman–Crippen MR) is 117 cm³/mol. The molecule has 2 heterocycles. The van der Waals surface area contributed by atoms with Crippen molar-refractivity contribution in [3.63, 3.8) is 0 Å². The molecule has 0 unspecified atom stereocenters. The van der Waals surface area contributed by atoms with Gasteiger partial charge in [0.1, 0.15) is 0 Å². The zero-order valence-corrected chi connectivity index (χ0v) is 17.3. The summed E-state index contributed by atoms with van der Waals surface area (Å²) in [7, 11) is 1.82. The lowest BCUT2D eigenvalue weighted by Crippen LogP contribution is -2.15. The number of aryl methyl sites for hydroxylation is 1. The van der Waals surface area contributed by atoms with Gasteiger partial charge in [-0.1, -0.05) is 55.1 Å². The minimum absolute atomic E-state index is 0.215. The maximum Gasteiger partial charge on any atom is 0.225 e. The number of aromatic nitrogens is 5. The van der Waals surface area contributed by atoms with Gasteiger partial charge in [-0.15, -0.1) is 5.10 Å². The van der Waals surface area contributed by atoms with Crippen LogP contribution in [0.2, 0.25) is 5.02 Å². The number of halogens is 1. The molecular formula is C22H21ClN6O. The summed E-state index contributed by atoms with van der Waals surface area (Å²) >= 11 is 6.49. The standard InChI is InChI=1S/C22H21ClN6O/c1-29-22(25-18-10-9-17-16(20(18)23)12-24-27-17)26-21(28-29)15-7-5-14(6-8-15)19(30)11-13-3-2-4-13/h5-10,12-13H,2-4,11H2,1H3,(H,24,27)(H,25,26,28). The fraction of sp³-hybridized carbons (Fsp3) is 0.273. The number of carbonyl (C=O) groups excluding carboxylic acids is 1. The van der Waals surface area contributed by atoms with Crippen LogP contribution in [0.3, 0.4) is 0 Å². The Kier molecular flexibility index (Phi) is 4.75. The number of fused-ring (bicyclic) bond motifs is 1. The van der Waals surface area contributed by atoms with Crippen molar-refractivity contribution in [1.29, 1.82) is 0 Å². The molecule has 0 atom stereocenters. The van der Waals surface area contributed by atoms with Crippen LogP contribution in [0.4, 0.5) is 11.6 Å². The van der Waals surface area contributed by atoms with E-state index in [0.717, 1.165) is 27.7 Å². The number of rotatable bonds is 6. The summed E-state index contributed by atoms with van der Waals surface area (Å²) in [6, 6.07) is 11.3. The first-order valence-electron chi connectivity index (χ1n) is 10.0. The number of anilines is 2. The molecule has 152 valence electrons. The summed E-state index contributed by atoms with van der Waals surface area (Å²) in [5.74, 6) is 1.93. The third-order valence-corrected chi connectivity index (χ3v) is 6.14. The van der Waals surface area contributed by atoms with Crippen LogP contribution in [0, 0.1) is 5.92 Å². The van der Waals surface area contributed by atoms with Crippen molar-refractivity contribution in [1.82, 2.24) is 25.0 Å². The lowest BCUT2D eigenvalue weighted by Gasteiger charge is -2.24. The van der Waals surface area contributed by atoms with E-state index in [2.05, 4.69) is 25.6 Å². The van der Waals surface area contributed by atoms with E-state index in [1.165, 1.54) is 19.3 Å². The zero-order chi connectivity index (χ0) is 20.7. The number of ketones is 1. The summed E-state index contributed by atoms with van der Waals surface area (Å²) < 4.78 is 1.67. The predicted octanol–water partition coefficient (Wildman–Crippen LogP) is 5.13. The highest BCUT2D eigenvalue weighted by molar-refractivity contribution is 6.38. The van der Waals surface area contributed by atoms with Crippen molar-refractivity contribution in [2.45, 2.75) is 25.7 Å². The lowest BCUT2D eigenvalue weighted by molar-refractivity contribution is 0.0936. The van der Waals surface area contributed by atoms with Crippen LogP contribution in [0.5, 0.6) is 0 Å². The molecule has 5 rings (SSSR count). The van der Waals surface area contributed by atoms with Gasteiger partial charge in [0.25, 0.3) is 0 Å². The van der Waals surface area contributed by atoms with Gasteiger partial charge in [-0.05, 0) is 18.1 Å². The van der Waals surface area contributed by atoms with Gasteiger partial charge < -0.3 is 5.32 Å². The van der Waals surface area contributed by atoms with Gasteiger partial charge in [0, 0.05) is 30.0 Å². The molecule has 1 aliphatic rings. The number of aromatic amines is 1. The second-order valence-corrected chi connectivity index (χ2v) is 8.15. The van der Waals surface area contributed by atoms with E-state index in [-0.39, 0.29) is 5.78 Å². The summed E-state index contributed by atoms with van der Waals surface area (Å²) in [5.41, 5.74) is 3.20. The number of hydrogen-bond acceptors (Lipinski definition) is 5. The van der Waals surface area contributed by atoms with Crippen molar-refractivity contribution in [3.8, 4) is 11.4 Å². The van der Waals surface area contributed by atoms with Gasteiger partial charge in [-0.25, -0.2) is 4.68 Å². The highest BCUT2D eigenvalue weighted by atomic mass is 35.5. The second kappa shape index (κ2) is 7.57. The molecule has 0 radical (unpaired) electrons. The third-order valence-electron chi connectivity index (χ3n) is 5.73. The number of Topliss-reactive ketones (excluding diaryl/α,β-unsaturated/α-hetero) is 1. The molecule has 0 aliphatic heterocycles. The molecule has 1 aliphatic carbocycles. The van der Waals surface area contributed by atoms with Crippen LogP contribution >= 0.6 is 11.6 Å². The molecule has 7 nitrogen and oxygen atoms in total. The van der Waals surface area contributed by atoms with Crippen LogP contribution < -0.4 is 5.32 Å². The summed E-state index contributed by atoms with van der Waals surface area (Å²) in [6.07, 6.45) is 5.94. The van der Waals surface area contributed by atoms with Crippen LogP contribution in [-0.2, 0) is 7.05 Å². The highest BCUT2D eigenvalue weighted by Gasteiger charge is 2.21. The van der Waals surface area contributed by atoms with Gasteiger partial charge >= 0.3 is 0 Å². The van der Waals surface area contributed by atoms with Crippen molar-refractivity contribution in [3.05, 3.63) is 53.2 Å². The Bertz CT molecular complexity index is 1220. The molecule has 0 saturated heterocycles. The van der Waals surface area contributed by atoms with Crippen molar-refractivity contribution in [2.24, 2.45) is 13.0 Å². The first kappa shape index (κ1) is 18.8. The van der Waals surface area contributed by atoms with E-state index in [1.54, 1.807) is 10.9 Å². The number of H-pyrrole nitrogens is 1. The van der Waals surface area contributed by atoms with Crippen LogP contribution in [-0.4, -0.2) is 30.7 Å². The van der Waals surface area contributed by atoms with E-state index in [0.29, 0.717) is 29.1 Å². The molecule has 2 aromatic heterocycles. The van der Waals surface area contributed by atoms with Crippen LogP contribution in [0.15, 0.2) is 42.6 Å². The molecule has 1 fully saturated rings. The topological polar surface area (TPSA) is 88.5 Å². The van der Waals surface area contributed by atoms with Gasteiger partial charge in [0.2, 0.25) is 5.95 Å². The highest BCUT2D eigenvalue weighted by Crippen LogP contribution is 2.32.